The van der Waals surface area contributed by atoms with Crippen LogP contribution < -0.4 is 4.74 Å². The van der Waals surface area contributed by atoms with Crippen molar-refractivity contribution in [2.45, 2.75) is 44.8 Å². The van der Waals surface area contributed by atoms with Crippen LogP contribution in [0, 0.1) is 5.82 Å². The number of rotatable bonds is 4. The third kappa shape index (κ3) is 3.25. The Hall–Kier alpha value is -1.13. The minimum absolute atomic E-state index is 0.170. The molecular formula is C15H22FNO2. The summed E-state index contributed by atoms with van der Waals surface area (Å²) in [7, 11) is 1.46. The molecule has 0 saturated carbocycles. The normalized spacial score (nSPS) is 24.4. The number of hydrogen-bond donors (Lipinski definition) is 1. The zero-order valence-corrected chi connectivity index (χ0v) is 11.6. The van der Waals surface area contributed by atoms with E-state index in [9.17, 15) is 9.50 Å². The summed E-state index contributed by atoms with van der Waals surface area (Å²) in [5, 5.41) is 9.46. The molecule has 1 aliphatic heterocycles. The van der Waals surface area contributed by atoms with Crippen molar-refractivity contribution in [1.29, 1.82) is 0 Å². The predicted octanol–water partition coefficient (Wildman–Crippen LogP) is 2.57. The molecule has 0 aliphatic carbocycles. The van der Waals surface area contributed by atoms with Gasteiger partial charge in [-0.3, -0.25) is 4.90 Å². The zero-order chi connectivity index (χ0) is 13.8. The standard InChI is InChI=1S/C15H22FNO2/c1-11-4-3-5-13(10-18)17(11)9-12-6-7-15(19-2)14(16)8-12/h6-8,11,13,18H,3-5,9-10H2,1-2H3. The Morgan fingerprint density at radius 1 is 1.42 bits per heavy atom. The Kier molecular flexibility index (Phi) is 4.77. The molecule has 2 atom stereocenters. The van der Waals surface area contributed by atoms with Crippen LogP contribution in [-0.2, 0) is 6.54 Å². The maximum Gasteiger partial charge on any atom is 0.165 e. The van der Waals surface area contributed by atoms with Gasteiger partial charge in [-0.25, -0.2) is 4.39 Å². The monoisotopic (exact) mass is 267 g/mol. The van der Waals surface area contributed by atoms with Crippen molar-refractivity contribution in [3.05, 3.63) is 29.6 Å². The van der Waals surface area contributed by atoms with Gasteiger partial charge in [0.15, 0.2) is 11.6 Å². The number of ether oxygens (including phenoxy) is 1. The Morgan fingerprint density at radius 3 is 2.84 bits per heavy atom. The molecule has 0 spiro atoms. The molecule has 0 bridgehead atoms. The van der Waals surface area contributed by atoms with Crippen molar-refractivity contribution in [3.8, 4) is 5.75 Å². The highest BCUT2D eigenvalue weighted by Crippen LogP contribution is 2.26. The minimum Gasteiger partial charge on any atom is -0.494 e. The van der Waals surface area contributed by atoms with Gasteiger partial charge in [-0.15, -0.1) is 0 Å². The minimum atomic E-state index is -0.329. The van der Waals surface area contributed by atoms with Gasteiger partial charge >= 0.3 is 0 Å². The third-order valence-electron chi connectivity index (χ3n) is 3.99. The second-order valence-corrected chi connectivity index (χ2v) is 5.26. The van der Waals surface area contributed by atoms with Crippen molar-refractivity contribution >= 4 is 0 Å². The molecule has 0 radical (unpaired) electrons. The molecule has 2 rings (SSSR count). The van der Waals surface area contributed by atoms with E-state index in [0.29, 0.717) is 12.6 Å². The molecule has 1 aromatic carbocycles. The van der Waals surface area contributed by atoms with Gasteiger partial charge in [0.2, 0.25) is 0 Å². The molecule has 0 aromatic heterocycles. The highest BCUT2D eigenvalue weighted by molar-refractivity contribution is 5.29. The smallest absolute Gasteiger partial charge is 0.165 e. The van der Waals surface area contributed by atoms with Crippen LogP contribution in [0.5, 0.6) is 5.75 Å². The van der Waals surface area contributed by atoms with E-state index in [1.807, 2.05) is 6.07 Å². The highest BCUT2D eigenvalue weighted by Gasteiger charge is 2.27. The summed E-state index contributed by atoms with van der Waals surface area (Å²) in [6, 6.07) is 5.68. The maximum absolute atomic E-state index is 13.7. The van der Waals surface area contributed by atoms with Crippen LogP contribution in [0.3, 0.4) is 0 Å². The van der Waals surface area contributed by atoms with Crippen LogP contribution in [0.15, 0.2) is 18.2 Å². The number of methoxy groups -OCH3 is 1. The van der Waals surface area contributed by atoms with Gasteiger partial charge in [0.1, 0.15) is 0 Å². The van der Waals surface area contributed by atoms with Crippen molar-refractivity contribution in [1.82, 2.24) is 4.90 Å². The first-order valence-electron chi connectivity index (χ1n) is 6.84. The van der Waals surface area contributed by atoms with Crippen LogP contribution in [-0.4, -0.2) is 35.8 Å². The quantitative estimate of drug-likeness (QED) is 0.910. The van der Waals surface area contributed by atoms with Crippen LogP contribution in [0.2, 0.25) is 0 Å². The fourth-order valence-electron chi connectivity index (χ4n) is 2.84. The topological polar surface area (TPSA) is 32.7 Å². The Morgan fingerprint density at radius 2 is 2.21 bits per heavy atom. The van der Waals surface area contributed by atoms with Crippen molar-refractivity contribution in [3.63, 3.8) is 0 Å². The van der Waals surface area contributed by atoms with E-state index in [1.54, 1.807) is 6.07 Å². The number of halogens is 1. The first kappa shape index (κ1) is 14.3. The number of aliphatic hydroxyl groups excluding tert-OH is 1. The van der Waals surface area contributed by atoms with Crippen molar-refractivity contribution < 1.29 is 14.2 Å². The largest absolute Gasteiger partial charge is 0.494 e. The van der Waals surface area contributed by atoms with Gasteiger partial charge in [-0.2, -0.15) is 0 Å². The highest BCUT2D eigenvalue weighted by atomic mass is 19.1. The average molecular weight is 267 g/mol. The SMILES string of the molecule is COc1ccc(CN2C(C)CCCC2CO)cc1F. The molecule has 1 N–H and O–H groups in total. The van der Waals surface area contributed by atoms with Crippen LogP contribution in [0.1, 0.15) is 31.7 Å². The Labute approximate surface area is 114 Å². The van der Waals surface area contributed by atoms with E-state index in [4.69, 9.17) is 4.74 Å². The Balaban J connectivity index is 2.12. The van der Waals surface area contributed by atoms with Gasteiger partial charge in [0.05, 0.1) is 13.7 Å². The fraction of sp³-hybridized carbons (Fsp3) is 0.600. The molecule has 1 saturated heterocycles. The van der Waals surface area contributed by atoms with Gasteiger partial charge in [-0.05, 0) is 37.5 Å². The summed E-state index contributed by atoms with van der Waals surface area (Å²) in [6.45, 7) is 3.01. The predicted molar refractivity (Wildman–Crippen MR) is 72.7 cm³/mol. The molecule has 3 nitrogen and oxygen atoms in total. The lowest BCUT2D eigenvalue weighted by molar-refractivity contribution is 0.0451. The second kappa shape index (κ2) is 6.35. The van der Waals surface area contributed by atoms with E-state index in [0.717, 1.165) is 24.8 Å². The van der Waals surface area contributed by atoms with E-state index in [-0.39, 0.29) is 24.2 Å². The lowest BCUT2D eigenvalue weighted by Gasteiger charge is -2.40. The molecule has 1 aliphatic rings. The van der Waals surface area contributed by atoms with Gasteiger partial charge in [0, 0.05) is 18.6 Å². The molecule has 1 aromatic rings. The first-order valence-corrected chi connectivity index (χ1v) is 6.84. The number of piperidine rings is 1. The third-order valence-corrected chi connectivity index (χ3v) is 3.99. The maximum atomic E-state index is 13.7. The number of benzene rings is 1. The summed E-state index contributed by atoms with van der Waals surface area (Å²) in [4.78, 5) is 2.27. The summed E-state index contributed by atoms with van der Waals surface area (Å²) in [5.74, 6) is -0.0561. The van der Waals surface area contributed by atoms with Crippen molar-refractivity contribution in [2.24, 2.45) is 0 Å². The number of hydrogen-bond acceptors (Lipinski definition) is 3. The molecule has 106 valence electrons. The number of likely N-dealkylation sites (tertiary alicyclic amines) is 1. The number of aliphatic hydroxyl groups is 1. The summed E-state index contributed by atoms with van der Waals surface area (Å²) in [5.41, 5.74) is 0.922. The molecular weight excluding hydrogens is 245 g/mol. The van der Waals surface area contributed by atoms with Crippen LogP contribution in [0.25, 0.3) is 0 Å². The first-order chi connectivity index (χ1) is 9.15. The summed E-state index contributed by atoms with van der Waals surface area (Å²) in [6.07, 6.45) is 3.30. The summed E-state index contributed by atoms with van der Waals surface area (Å²) < 4.78 is 18.6. The van der Waals surface area contributed by atoms with Gasteiger partial charge in [0.25, 0.3) is 0 Å². The lowest BCUT2D eigenvalue weighted by atomic mass is 9.96. The molecule has 1 heterocycles. The molecule has 1 fully saturated rings. The van der Waals surface area contributed by atoms with Crippen LogP contribution >= 0.6 is 0 Å². The van der Waals surface area contributed by atoms with E-state index in [1.165, 1.54) is 13.2 Å². The van der Waals surface area contributed by atoms with E-state index in [2.05, 4.69) is 11.8 Å². The Bertz CT molecular complexity index is 425. The molecule has 4 heteroatoms. The zero-order valence-electron chi connectivity index (χ0n) is 11.6. The van der Waals surface area contributed by atoms with Crippen LogP contribution in [0.4, 0.5) is 4.39 Å². The fourth-order valence-corrected chi connectivity index (χ4v) is 2.84. The summed E-state index contributed by atoms with van der Waals surface area (Å²) >= 11 is 0. The second-order valence-electron chi connectivity index (χ2n) is 5.26. The number of nitrogens with zero attached hydrogens (tertiary/aromatic N) is 1. The molecule has 19 heavy (non-hydrogen) atoms. The lowest BCUT2D eigenvalue weighted by Crippen LogP contribution is -2.46. The molecule has 0 amide bonds. The van der Waals surface area contributed by atoms with Gasteiger partial charge < -0.3 is 9.84 Å². The van der Waals surface area contributed by atoms with E-state index < -0.39 is 0 Å². The molecule has 2 unspecified atom stereocenters. The van der Waals surface area contributed by atoms with Gasteiger partial charge in [-0.1, -0.05) is 12.5 Å². The van der Waals surface area contributed by atoms with Crippen molar-refractivity contribution in [2.75, 3.05) is 13.7 Å². The van der Waals surface area contributed by atoms with E-state index >= 15 is 0 Å². The average Bonchev–Trinajstić information content (AvgIpc) is 2.41.